The summed E-state index contributed by atoms with van der Waals surface area (Å²) in [6.07, 6.45) is 5.44. The average Bonchev–Trinajstić information content (AvgIpc) is 3.70. The van der Waals surface area contributed by atoms with Gasteiger partial charge in [-0.3, -0.25) is 24.3 Å². The van der Waals surface area contributed by atoms with Crippen LogP contribution in [0.15, 0.2) is 54.9 Å². The van der Waals surface area contributed by atoms with Crippen LogP contribution in [-0.2, 0) is 4.79 Å². The van der Waals surface area contributed by atoms with Gasteiger partial charge in [0.05, 0.1) is 22.9 Å². The van der Waals surface area contributed by atoms with Gasteiger partial charge in [-0.1, -0.05) is 25.6 Å². The van der Waals surface area contributed by atoms with Crippen molar-refractivity contribution in [2.75, 3.05) is 28.8 Å². The lowest BCUT2D eigenvalue weighted by Crippen LogP contribution is -2.52. The average molecular weight is 499 g/mol. The minimum atomic E-state index is -0.494. The number of carbonyl (C=O) groups is 3. The molecular weight excluding hydrogens is 468 g/mol. The zero-order chi connectivity index (χ0) is 25.1. The Bertz CT molecular complexity index is 1400. The molecule has 0 spiro atoms. The van der Waals surface area contributed by atoms with Crippen LogP contribution in [0.1, 0.15) is 65.1 Å². The summed E-state index contributed by atoms with van der Waals surface area (Å²) in [7, 11) is 3.31. The van der Waals surface area contributed by atoms with Crippen molar-refractivity contribution < 1.29 is 14.4 Å². The van der Waals surface area contributed by atoms with Crippen molar-refractivity contribution in [2.24, 2.45) is 0 Å². The van der Waals surface area contributed by atoms with Crippen LogP contribution in [-0.4, -0.2) is 53.9 Å². The second-order valence-electron chi connectivity index (χ2n) is 9.44. The molecule has 190 valence electrons. The number of fused-ring (bicyclic) bond motifs is 2. The maximum Gasteiger partial charge on any atom is 0.261 e. The van der Waals surface area contributed by atoms with Crippen LogP contribution in [0.5, 0.6) is 0 Å². The lowest BCUT2D eigenvalue weighted by atomic mass is 9.95. The first-order valence-corrected chi connectivity index (χ1v) is 12.1. The van der Waals surface area contributed by atoms with Crippen molar-refractivity contribution in [1.29, 1.82) is 0 Å². The quantitative estimate of drug-likeness (QED) is 0.591. The SMILES string of the molecule is C.CNC(=O)c1cccc2c1C(=O)N(c1ccc3c(n1)N(C1CC1)C(C)C(=O)N3C)C2c1cccnc1. The predicted molar refractivity (Wildman–Crippen MR) is 142 cm³/mol. The second-order valence-corrected chi connectivity index (χ2v) is 9.44. The number of pyridine rings is 2. The predicted octanol–water partition coefficient (Wildman–Crippen LogP) is 3.56. The molecule has 1 N–H and O–H groups in total. The fraction of sp³-hybridized carbons (Fsp3) is 0.321. The van der Waals surface area contributed by atoms with Crippen LogP contribution >= 0.6 is 0 Å². The summed E-state index contributed by atoms with van der Waals surface area (Å²) in [5.41, 5.74) is 2.96. The number of hydrogen-bond donors (Lipinski definition) is 1. The first-order chi connectivity index (χ1) is 17.4. The molecule has 3 amide bonds. The minimum Gasteiger partial charge on any atom is -0.355 e. The smallest absolute Gasteiger partial charge is 0.261 e. The zero-order valence-electron chi connectivity index (χ0n) is 20.3. The number of rotatable bonds is 4. The molecular formula is C28H30N6O3. The Labute approximate surface area is 216 Å². The summed E-state index contributed by atoms with van der Waals surface area (Å²) < 4.78 is 0. The molecule has 9 heteroatoms. The molecule has 9 nitrogen and oxygen atoms in total. The Morgan fingerprint density at radius 1 is 1.08 bits per heavy atom. The highest BCUT2D eigenvalue weighted by molar-refractivity contribution is 6.17. The maximum atomic E-state index is 14.0. The third-order valence-corrected chi connectivity index (χ3v) is 7.29. The molecule has 4 heterocycles. The second kappa shape index (κ2) is 8.99. The number of nitrogens with one attached hydrogen (secondary N) is 1. The van der Waals surface area contributed by atoms with Gasteiger partial charge in [0.1, 0.15) is 11.9 Å². The molecule has 1 fully saturated rings. The van der Waals surface area contributed by atoms with Crippen molar-refractivity contribution in [2.45, 2.75) is 45.3 Å². The Morgan fingerprint density at radius 2 is 1.86 bits per heavy atom. The number of hydrogen-bond acceptors (Lipinski definition) is 6. The van der Waals surface area contributed by atoms with Crippen LogP contribution < -0.4 is 20.0 Å². The van der Waals surface area contributed by atoms with Gasteiger partial charge in [0.15, 0.2) is 5.82 Å². The van der Waals surface area contributed by atoms with Crippen molar-refractivity contribution in [3.05, 3.63) is 77.1 Å². The van der Waals surface area contributed by atoms with Gasteiger partial charge in [-0.15, -0.1) is 0 Å². The molecule has 6 rings (SSSR count). The van der Waals surface area contributed by atoms with Crippen molar-refractivity contribution in [1.82, 2.24) is 15.3 Å². The largest absolute Gasteiger partial charge is 0.355 e. The number of aromatic nitrogens is 2. The van der Waals surface area contributed by atoms with E-state index in [0.717, 1.165) is 29.7 Å². The highest BCUT2D eigenvalue weighted by Gasteiger charge is 2.45. The fourth-order valence-corrected chi connectivity index (χ4v) is 5.40. The van der Waals surface area contributed by atoms with Crippen molar-refractivity contribution >= 4 is 35.0 Å². The summed E-state index contributed by atoms with van der Waals surface area (Å²) in [5, 5.41) is 2.64. The van der Waals surface area contributed by atoms with E-state index >= 15 is 0 Å². The van der Waals surface area contributed by atoms with Crippen LogP contribution in [0, 0.1) is 0 Å². The Kier molecular flexibility index (Phi) is 5.94. The first kappa shape index (κ1) is 24.4. The molecule has 0 saturated heterocycles. The number of nitrogens with zero attached hydrogens (tertiary/aromatic N) is 5. The molecule has 3 aromatic rings. The van der Waals surface area contributed by atoms with Crippen molar-refractivity contribution in [3.63, 3.8) is 0 Å². The summed E-state index contributed by atoms with van der Waals surface area (Å²) >= 11 is 0. The van der Waals surface area contributed by atoms with E-state index in [1.807, 2.05) is 31.2 Å². The van der Waals surface area contributed by atoms with E-state index in [1.165, 1.54) is 0 Å². The standard InChI is InChI=1S/C27H26N6O3.CH4/c1-15-26(35)31(3)20-11-12-21(30-24(20)32(15)17-9-10-17)33-23(16-6-5-13-29-14-16)18-7-4-8-19(25(34)28-2)22(18)27(33)36;/h4-8,11-15,17,23H,9-10H2,1-3H3,(H,28,34);1H4. The molecule has 1 saturated carbocycles. The van der Waals surface area contributed by atoms with E-state index < -0.39 is 6.04 Å². The Hall–Kier alpha value is -4.27. The molecule has 0 radical (unpaired) electrons. The van der Waals surface area contributed by atoms with Gasteiger partial charge in [-0.2, -0.15) is 0 Å². The third kappa shape index (κ3) is 3.64. The van der Waals surface area contributed by atoms with Crippen LogP contribution in [0.4, 0.5) is 17.3 Å². The van der Waals surface area contributed by atoms with E-state index in [2.05, 4.69) is 15.2 Å². The van der Waals surface area contributed by atoms with Crippen molar-refractivity contribution in [3.8, 4) is 0 Å². The molecule has 3 aliphatic rings. The normalized spacial score (nSPS) is 20.4. The Morgan fingerprint density at radius 3 is 2.54 bits per heavy atom. The van der Waals surface area contributed by atoms with Crippen LogP contribution in [0.2, 0.25) is 0 Å². The molecule has 0 bridgehead atoms. The zero-order valence-corrected chi connectivity index (χ0v) is 20.3. The molecule has 2 aromatic heterocycles. The lowest BCUT2D eigenvalue weighted by Gasteiger charge is -2.40. The fourth-order valence-electron chi connectivity index (χ4n) is 5.40. The third-order valence-electron chi connectivity index (χ3n) is 7.29. The molecule has 37 heavy (non-hydrogen) atoms. The molecule has 1 aliphatic carbocycles. The van der Waals surface area contributed by atoms with E-state index in [9.17, 15) is 14.4 Å². The number of likely N-dealkylation sites (N-methyl/N-ethyl adjacent to an activating group) is 1. The van der Waals surface area contributed by atoms with E-state index in [4.69, 9.17) is 4.98 Å². The topological polar surface area (TPSA) is 98.7 Å². The number of benzene rings is 1. The number of anilines is 3. The summed E-state index contributed by atoms with van der Waals surface area (Å²) in [6, 6.07) is 12.1. The number of carbonyl (C=O) groups excluding carboxylic acids is 3. The lowest BCUT2D eigenvalue weighted by molar-refractivity contribution is -0.119. The molecule has 2 aliphatic heterocycles. The summed E-state index contributed by atoms with van der Waals surface area (Å²) in [6.45, 7) is 1.90. The van der Waals surface area contributed by atoms with E-state index in [0.29, 0.717) is 22.8 Å². The first-order valence-electron chi connectivity index (χ1n) is 12.1. The monoisotopic (exact) mass is 498 g/mol. The Balaban J connectivity index is 0.00000280. The van der Waals surface area contributed by atoms with Gasteiger partial charge < -0.3 is 15.1 Å². The highest BCUT2D eigenvalue weighted by Crippen LogP contribution is 2.46. The summed E-state index contributed by atoms with van der Waals surface area (Å²) in [5.74, 6) is 0.574. The summed E-state index contributed by atoms with van der Waals surface area (Å²) in [4.78, 5) is 54.2. The minimum absolute atomic E-state index is 0. The number of amides is 3. The van der Waals surface area contributed by atoms with Crippen LogP contribution in [0.3, 0.4) is 0 Å². The highest BCUT2D eigenvalue weighted by atomic mass is 16.2. The van der Waals surface area contributed by atoms with Gasteiger partial charge in [0, 0.05) is 32.5 Å². The molecule has 2 atom stereocenters. The molecule has 1 aromatic carbocycles. The van der Waals surface area contributed by atoms with Gasteiger partial charge in [-0.05, 0) is 55.2 Å². The van der Waals surface area contributed by atoms with Crippen LogP contribution in [0.25, 0.3) is 0 Å². The van der Waals surface area contributed by atoms with Gasteiger partial charge in [0.25, 0.3) is 11.8 Å². The maximum absolute atomic E-state index is 14.0. The van der Waals surface area contributed by atoms with Gasteiger partial charge >= 0.3 is 0 Å². The molecule has 2 unspecified atom stereocenters. The van der Waals surface area contributed by atoms with Gasteiger partial charge in [0.2, 0.25) is 5.91 Å². The van der Waals surface area contributed by atoms with E-state index in [-0.39, 0.29) is 37.2 Å². The van der Waals surface area contributed by atoms with Gasteiger partial charge in [-0.25, -0.2) is 4.98 Å². The van der Waals surface area contributed by atoms with E-state index in [1.54, 1.807) is 54.5 Å².